The van der Waals surface area contributed by atoms with Crippen LogP contribution in [0.1, 0.15) is 32.1 Å². The number of nitrogens with zero attached hydrogens (tertiary/aromatic N) is 1. The normalized spacial score (nSPS) is 13.9. The zero-order chi connectivity index (χ0) is 27.1. The van der Waals surface area contributed by atoms with Crippen molar-refractivity contribution in [2.45, 2.75) is 56.3 Å². The van der Waals surface area contributed by atoms with Gasteiger partial charge in [0.25, 0.3) is 0 Å². The number of rotatable bonds is 17. The van der Waals surface area contributed by atoms with Crippen LogP contribution in [0, 0.1) is 0 Å². The molecule has 0 aromatic rings. The first-order valence-electron chi connectivity index (χ1n) is 10.3. The summed E-state index contributed by atoms with van der Waals surface area (Å²) >= 11 is 0. The molecule has 0 heterocycles. The van der Waals surface area contributed by atoms with Crippen molar-refractivity contribution in [3.8, 4) is 0 Å². The van der Waals surface area contributed by atoms with E-state index < -0.39 is 85.7 Å². The predicted molar refractivity (Wildman–Crippen MR) is 118 cm³/mol. The van der Waals surface area contributed by atoms with Crippen LogP contribution in [0.4, 0.5) is 0 Å². The zero-order valence-electron chi connectivity index (χ0n) is 18.7. The summed E-state index contributed by atoms with van der Waals surface area (Å²) < 4.78 is 0. The van der Waals surface area contributed by atoms with Crippen LogP contribution in [0.25, 0.3) is 0 Å². The summed E-state index contributed by atoms with van der Waals surface area (Å²) in [6, 6.07) is -6.11. The summed E-state index contributed by atoms with van der Waals surface area (Å²) in [5, 5.41) is 42.3. The molecule has 0 rings (SSSR count). The molecule has 17 heteroatoms. The van der Waals surface area contributed by atoms with Crippen LogP contribution in [0.2, 0.25) is 0 Å². The standard InChI is InChI=1S/C18H31N7O10/c19-8(6-13(29)30)14(31)23-10(3-4-12(27)28)16(33)24-9(2-1-5-22-18(20)21)15(32)25-11(7-26)17(34)35/h8-11,26H,1-7,19H2,(H,23,31)(H,24,33)(H,25,32)(H,27,28)(H,29,30)(H,34,35)(H4,20,21,22). The molecule has 0 aliphatic rings. The number of hydrogen-bond donors (Lipinski definition) is 10. The van der Waals surface area contributed by atoms with Gasteiger partial charge in [0.2, 0.25) is 17.7 Å². The number of aliphatic imine (C=N–C) groups is 1. The number of carbonyl (C=O) groups excluding carboxylic acids is 3. The molecule has 0 aliphatic heterocycles. The molecule has 0 fully saturated rings. The zero-order valence-corrected chi connectivity index (χ0v) is 18.7. The van der Waals surface area contributed by atoms with Crippen molar-refractivity contribution in [2.24, 2.45) is 22.2 Å². The van der Waals surface area contributed by atoms with Crippen LogP contribution < -0.4 is 33.2 Å². The molecule has 0 aliphatic carbocycles. The fourth-order valence-electron chi connectivity index (χ4n) is 2.60. The summed E-state index contributed by atoms with van der Waals surface area (Å²) in [6.45, 7) is -0.887. The van der Waals surface area contributed by atoms with Crippen molar-refractivity contribution in [1.29, 1.82) is 0 Å². The van der Waals surface area contributed by atoms with E-state index in [9.17, 15) is 28.8 Å². The monoisotopic (exact) mass is 505 g/mol. The number of nitrogens with one attached hydrogen (secondary N) is 3. The fourth-order valence-corrected chi connectivity index (χ4v) is 2.60. The van der Waals surface area contributed by atoms with E-state index >= 15 is 0 Å². The molecule has 0 saturated carbocycles. The summed E-state index contributed by atoms with van der Waals surface area (Å²) in [6.07, 6.45) is -1.72. The summed E-state index contributed by atoms with van der Waals surface area (Å²) in [4.78, 5) is 74.0. The highest BCUT2D eigenvalue weighted by Gasteiger charge is 2.30. The van der Waals surface area contributed by atoms with Gasteiger partial charge in [0.1, 0.15) is 18.1 Å². The van der Waals surface area contributed by atoms with Crippen LogP contribution in [0.15, 0.2) is 4.99 Å². The minimum absolute atomic E-state index is 0.0492. The average Bonchev–Trinajstić information content (AvgIpc) is 2.75. The molecule has 0 bridgehead atoms. The second kappa shape index (κ2) is 15.8. The van der Waals surface area contributed by atoms with E-state index in [2.05, 4.69) is 15.6 Å². The third kappa shape index (κ3) is 13.3. The van der Waals surface area contributed by atoms with E-state index in [0.717, 1.165) is 0 Å². The first-order valence-corrected chi connectivity index (χ1v) is 10.3. The van der Waals surface area contributed by atoms with Crippen molar-refractivity contribution >= 4 is 41.6 Å². The Balaban J connectivity index is 5.60. The number of aliphatic carboxylic acids is 3. The minimum atomic E-state index is -1.67. The molecule has 13 N–H and O–H groups in total. The van der Waals surface area contributed by atoms with Crippen LogP contribution in [-0.4, -0.2) is 99.3 Å². The van der Waals surface area contributed by atoms with Gasteiger partial charge < -0.3 is 53.6 Å². The Labute approximate surface area is 199 Å². The molecule has 0 radical (unpaired) electrons. The van der Waals surface area contributed by atoms with Gasteiger partial charge in [-0.1, -0.05) is 0 Å². The molecule has 4 unspecified atom stereocenters. The molecular formula is C18H31N7O10. The number of carboxylic acid groups (broad SMARTS) is 3. The largest absolute Gasteiger partial charge is 0.481 e. The highest BCUT2D eigenvalue weighted by Crippen LogP contribution is 2.05. The summed E-state index contributed by atoms with van der Waals surface area (Å²) in [5.74, 6) is -7.49. The smallest absolute Gasteiger partial charge is 0.328 e. The minimum Gasteiger partial charge on any atom is -0.481 e. The van der Waals surface area contributed by atoms with Crippen molar-refractivity contribution in [2.75, 3.05) is 13.2 Å². The molecule has 198 valence electrons. The SMILES string of the molecule is NC(N)=NCCCC(NC(=O)C(CCC(=O)O)NC(=O)C(N)CC(=O)O)C(=O)NC(CO)C(=O)O. The molecule has 0 spiro atoms. The van der Waals surface area contributed by atoms with Crippen LogP contribution in [0.3, 0.4) is 0 Å². The van der Waals surface area contributed by atoms with Crippen molar-refractivity contribution in [1.82, 2.24) is 16.0 Å². The number of amides is 3. The van der Waals surface area contributed by atoms with Gasteiger partial charge in [-0.25, -0.2) is 4.79 Å². The maximum Gasteiger partial charge on any atom is 0.328 e. The van der Waals surface area contributed by atoms with Crippen molar-refractivity contribution in [3.63, 3.8) is 0 Å². The average molecular weight is 505 g/mol. The summed E-state index contributed by atoms with van der Waals surface area (Å²) in [7, 11) is 0. The predicted octanol–water partition coefficient (Wildman–Crippen LogP) is -4.76. The molecule has 17 nitrogen and oxygen atoms in total. The molecule has 4 atom stereocenters. The maximum atomic E-state index is 12.8. The Morgan fingerprint density at radius 3 is 1.74 bits per heavy atom. The van der Waals surface area contributed by atoms with Gasteiger partial charge in [0.15, 0.2) is 5.96 Å². The van der Waals surface area contributed by atoms with Gasteiger partial charge in [0, 0.05) is 13.0 Å². The van der Waals surface area contributed by atoms with Gasteiger partial charge in [-0.3, -0.25) is 29.0 Å². The third-order valence-corrected chi connectivity index (χ3v) is 4.39. The number of guanidine groups is 1. The Kier molecular flexibility index (Phi) is 14.0. The number of carbonyl (C=O) groups is 6. The van der Waals surface area contributed by atoms with E-state index in [1.54, 1.807) is 0 Å². The lowest BCUT2D eigenvalue weighted by molar-refractivity contribution is -0.143. The van der Waals surface area contributed by atoms with E-state index in [-0.39, 0.29) is 25.3 Å². The van der Waals surface area contributed by atoms with E-state index in [1.807, 2.05) is 5.32 Å². The number of aliphatic hydroxyl groups is 1. The fraction of sp³-hybridized carbons (Fsp3) is 0.611. The maximum absolute atomic E-state index is 12.8. The Bertz CT molecular complexity index is 815. The van der Waals surface area contributed by atoms with Crippen molar-refractivity contribution < 1.29 is 49.2 Å². The van der Waals surface area contributed by atoms with Gasteiger partial charge >= 0.3 is 17.9 Å². The Morgan fingerprint density at radius 2 is 1.29 bits per heavy atom. The summed E-state index contributed by atoms with van der Waals surface area (Å²) in [5.41, 5.74) is 15.9. The highest BCUT2D eigenvalue weighted by molar-refractivity contribution is 5.94. The number of hydrogen-bond acceptors (Lipinski definition) is 9. The lowest BCUT2D eigenvalue weighted by Gasteiger charge is -2.24. The first kappa shape index (κ1) is 31.0. The molecule has 35 heavy (non-hydrogen) atoms. The molecule has 0 aromatic carbocycles. The van der Waals surface area contributed by atoms with Crippen molar-refractivity contribution in [3.05, 3.63) is 0 Å². The highest BCUT2D eigenvalue weighted by atomic mass is 16.4. The molecular weight excluding hydrogens is 474 g/mol. The van der Waals surface area contributed by atoms with Gasteiger partial charge in [-0.05, 0) is 19.3 Å². The Hall–Kier alpha value is -3.99. The molecule has 3 amide bonds. The van der Waals surface area contributed by atoms with Crippen LogP contribution >= 0.6 is 0 Å². The number of nitrogens with two attached hydrogens (primary N) is 3. The first-order chi connectivity index (χ1) is 16.3. The van der Waals surface area contributed by atoms with Crippen LogP contribution in [-0.2, 0) is 28.8 Å². The topological polar surface area (TPSA) is 310 Å². The second-order valence-corrected chi connectivity index (χ2v) is 7.29. The van der Waals surface area contributed by atoms with Gasteiger partial charge in [0.05, 0.1) is 19.1 Å². The third-order valence-electron chi connectivity index (χ3n) is 4.39. The second-order valence-electron chi connectivity index (χ2n) is 7.29. The molecule has 0 aromatic heterocycles. The van der Waals surface area contributed by atoms with E-state index in [1.165, 1.54) is 0 Å². The number of carboxylic acids is 3. The lowest BCUT2D eigenvalue weighted by atomic mass is 10.1. The lowest BCUT2D eigenvalue weighted by Crippen LogP contribution is -2.57. The van der Waals surface area contributed by atoms with Crippen LogP contribution in [0.5, 0.6) is 0 Å². The van der Waals surface area contributed by atoms with E-state index in [4.69, 9.17) is 37.6 Å². The molecule has 0 saturated heterocycles. The van der Waals surface area contributed by atoms with E-state index in [0.29, 0.717) is 0 Å². The number of aliphatic hydroxyl groups excluding tert-OH is 1. The van der Waals surface area contributed by atoms with Gasteiger partial charge in [-0.15, -0.1) is 0 Å². The Morgan fingerprint density at radius 1 is 0.771 bits per heavy atom. The van der Waals surface area contributed by atoms with Gasteiger partial charge in [-0.2, -0.15) is 0 Å². The quantitative estimate of drug-likeness (QED) is 0.0504.